The maximum absolute atomic E-state index is 10.8. The number of aryl methyl sites for hydroxylation is 1. The smallest absolute Gasteiger partial charge is 0.216 e. The van der Waals surface area contributed by atoms with Gasteiger partial charge in [0.15, 0.2) is 0 Å². The Labute approximate surface area is 126 Å². The Bertz CT molecular complexity index is 549. The number of carbonyl (C=O) groups is 1. The van der Waals surface area contributed by atoms with Crippen molar-refractivity contribution < 1.29 is 9.53 Å². The van der Waals surface area contributed by atoms with Gasteiger partial charge in [-0.25, -0.2) is 0 Å². The molecule has 21 heavy (non-hydrogen) atoms. The Morgan fingerprint density at radius 1 is 1.00 bits per heavy atom. The Morgan fingerprint density at radius 2 is 1.71 bits per heavy atom. The summed E-state index contributed by atoms with van der Waals surface area (Å²) in [7, 11) is 0. The standard InChI is InChI=1S/C18H21NO2/c1-15(20)19-13-5-8-16-9-11-18(12-10-16)21-14-17-6-3-2-4-7-17/h2-4,6-7,9-12H,5,8,13-14H2,1H3,(H,19,20). The summed E-state index contributed by atoms with van der Waals surface area (Å²) in [5.74, 6) is 0.907. The van der Waals surface area contributed by atoms with Gasteiger partial charge in [0.1, 0.15) is 12.4 Å². The maximum atomic E-state index is 10.8. The van der Waals surface area contributed by atoms with Gasteiger partial charge in [0.2, 0.25) is 5.91 Å². The Kier molecular flexibility index (Phi) is 5.83. The van der Waals surface area contributed by atoms with Gasteiger partial charge < -0.3 is 10.1 Å². The Hall–Kier alpha value is -2.29. The number of carbonyl (C=O) groups excluding carboxylic acids is 1. The third kappa shape index (κ3) is 5.69. The highest BCUT2D eigenvalue weighted by Crippen LogP contribution is 2.15. The molecule has 0 saturated carbocycles. The molecule has 0 aliphatic rings. The van der Waals surface area contributed by atoms with Crippen LogP contribution in [0.15, 0.2) is 54.6 Å². The zero-order valence-electron chi connectivity index (χ0n) is 12.3. The molecule has 3 nitrogen and oxygen atoms in total. The summed E-state index contributed by atoms with van der Waals surface area (Å²) in [4.78, 5) is 10.8. The molecule has 2 aromatic rings. The van der Waals surface area contributed by atoms with Crippen LogP contribution in [0, 0.1) is 0 Å². The lowest BCUT2D eigenvalue weighted by atomic mass is 10.1. The van der Waals surface area contributed by atoms with E-state index >= 15 is 0 Å². The van der Waals surface area contributed by atoms with Gasteiger partial charge in [0.25, 0.3) is 0 Å². The van der Waals surface area contributed by atoms with E-state index in [0.29, 0.717) is 6.61 Å². The maximum Gasteiger partial charge on any atom is 0.216 e. The van der Waals surface area contributed by atoms with Gasteiger partial charge >= 0.3 is 0 Å². The quantitative estimate of drug-likeness (QED) is 0.791. The lowest BCUT2D eigenvalue weighted by Gasteiger charge is -2.07. The first-order valence-corrected chi connectivity index (χ1v) is 7.24. The molecule has 0 unspecified atom stereocenters. The fourth-order valence-corrected chi connectivity index (χ4v) is 2.05. The van der Waals surface area contributed by atoms with Crippen LogP contribution in [0.25, 0.3) is 0 Å². The first-order chi connectivity index (χ1) is 10.2. The van der Waals surface area contributed by atoms with Gasteiger partial charge in [-0.3, -0.25) is 4.79 Å². The highest BCUT2D eigenvalue weighted by Gasteiger charge is 1.98. The number of hydrogen-bond donors (Lipinski definition) is 1. The Morgan fingerprint density at radius 3 is 2.38 bits per heavy atom. The van der Waals surface area contributed by atoms with Crippen molar-refractivity contribution in [2.75, 3.05) is 6.54 Å². The van der Waals surface area contributed by atoms with Gasteiger partial charge in [-0.2, -0.15) is 0 Å². The van der Waals surface area contributed by atoms with Gasteiger partial charge in [-0.1, -0.05) is 42.5 Å². The predicted molar refractivity (Wildman–Crippen MR) is 84.2 cm³/mol. The monoisotopic (exact) mass is 283 g/mol. The van der Waals surface area contributed by atoms with Crippen molar-refractivity contribution in [2.24, 2.45) is 0 Å². The molecule has 0 spiro atoms. The summed E-state index contributed by atoms with van der Waals surface area (Å²) in [6.45, 7) is 2.85. The van der Waals surface area contributed by atoms with E-state index in [9.17, 15) is 4.79 Å². The van der Waals surface area contributed by atoms with Crippen molar-refractivity contribution in [3.8, 4) is 5.75 Å². The van der Waals surface area contributed by atoms with E-state index in [1.54, 1.807) is 6.92 Å². The first-order valence-electron chi connectivity index (χ1n) is 7.24. The summed E-state index contributed by atoms with van der Waals surface area (Å²) in [5, 5.41) is 2.80. The van der Waals surface area contributed by atoms with Gasteiger partial charge in [-0.15, -0.1) is 0 Å². The highest BCUT2D eigenvalue weighted by atomic mass is 16.5. The molecule has 0 aliphatic heterocycles. The average molecular weight is 283 g/mol. The second kappa shape index (κ2) is 8.10. The van der Waals surface area contributed by atoms with Crippen LogP contribution in [-0.2, 0) is 17.8 Å². The molecule has 110 valence electrons. The third-order valence-electron chi connectivity index (χ3n) is 3.19. The summed E-state index contributed by atoms with van der Waals surface area (Å²) >= 11 is 0. The fourth-order valence-electron chi connectivity index (χ4n) is 2.05. The van der Waals surface area contributed by atoms with E-state index in [-0.39, 0.29) is 5.91 Å². The molecule has 2 aromatic carbocycles. The molecule has 0 aromatic heterocycles. The van der Waals surface area contributed by atoms with Crippen molar-refractivity contribution in [2.45, 2.75) is 26.4 Å². The van der Waals surface area contributed by atoms with E-state index in [0.717, 1.165) is 30.7 Å². The van der Waals surface area contributed by atoms with Crippen LogP contribution < -0.4 is 10.1 Å². The lowest BCUT2D eigenvalue weighted by Crippen LogP contribution is -2.21. The predicted octanol–water partition coefficient (Wildman–Crippen LogP) is 3.33. The molecule has 3 heteroatoms. The van der Waals surface area contributed by atoms with Gasteiger partial charge in [0, 0.05) is 13.5 Å². The number of benzene rings is 2. The fraction of sp³-hybridized carbons (Fsp3) is 0.278. The Balaban J connectivity index is 1.75. The van der Waals surface area contributed by atoms with Crippen LogP contribution in [0.4, 0.5) is 0 Å². The van der Waals surface area contributed by atoms with E-state index in [2.05, 4.69) is 29.6 Å². The minimum Gasteiger partial charge on any atom is -0.489 e. The molecule has 0 fully saturated rings. The zero-order valence-corrected chi connectivity index (χ0v) is 12.3. The molecule has 0 saturated heterocycles. The van der Waals surface area contributed by atoms with Crippen LogP contribution in [0.2, 0.25) is 0 Å². The third-order valence-corrected chi connectivity index (χ3v) is 3.19. The molecule has 1 amide bonds. The largest absolute Gasteiger partial charge is 0.489 e. The molecular formula is C18H21NO2. The first kappa shape index (κ1) is 15.1. The van der Waals surface area contributed by atoms with E-state index in [1.807, 2.05) is 30.3 Å². The molecule has 0 aliphatic carbocycles. The van der Waals surface area contributed by atoms with E-state index in [4.69, 9.17) is 4.74 Å². The number of ether oxygens (including phenoxy) is 1. The van der Waals surface area contributed by atoms with Crippen LogP contribution in [0.3, 0.4) is 0 Å². The minimum absolute atomic E-state index is 0.0275. The zero-order chi connectivity index (χ0) is 14.9. The van der Waals surface area contributed by atoms with E-state index in [1.165, 1.54) is 5.56 Å². The van der Waals surface area contributed by atoms with Crippen LogP contribution in [0.1, 0.15) is 24.5 Å². The van der Waals surface area contributed by atoms with Crippen LogP contribution in [0.5, 0.6) is 5.75 Å². The van der Waals surface area contributed by atoms with Gasteiger partial charge in [0.05, 0.1) is 0 Å². The average Bonchev–Trinajstić information content (AvgIpc) is 2.51. The molecule has 0 heterocycles. The van der Waals surface area contributed by atoms with Gasteiger partial charge in [-0.05, 0) is 36.1 Å². The molecule has 1 N–H and O–H groups in total. The van der Waals surface area contributed by atoms with E-state index < -0.39 is 0 Å². The lowest BCUT2D eigenvalue weighted by molar-refractivity contribution is -0.118. The minimum atomic E-state index is 0.0275. The molecule has 2 rings (SSSR count). The van der Waals surface area contributed by atoms with Crippen molar-refractivity contribution >= 4 is 5.91 Å². The SMILES string of the molecule is CC(=O)NCCCc1ccc(OCc2ccccc2)cc1. The van der Waals surface area contributed by atoms with Crippen molar-refractivity contribution in [3.63, 3.8) is 0 Å². The van der Waals surface area contributed by atoms with Crippen molar-refractivity contribution in [1.82, 2.24) is 5.32 Å². The normalized spacial score (nSPS) is 10.1. The number of nitrogens with one attached hydrogen (secondary N) is 1. The number of hydrogen-bond acceptors (Lipinski definition) is 2. The second-order valence-electron chi connectivity index (χ2n) is 5.00. The molecule has 0 bridgehead atoms. The number of rotatable bonds is 7. The number of amides is 1. The molecular weight excluding hydrogens is 262 g/mol. The summed E-state index contributed by atoms with van der Waals surface area (Å²) in [6.07, 6.45) is 1.91. The second-order valence-corrected chi connectivity index (χ2v) is 5.00. The topological polar surface area (TPSA) is 38.3 Å². The summed E-state index contributed by atoms with van der Waals surface area (Å²) in [5.41, 5.74) is 2.42. The van der Waals surface area contributed by atoms with Crippen LogP contribution in [-0.4, -0.2) is 12.5 Å². The molecule has 0 radical (unpaired) electrons. The summed E-state index contributed by atoms with van der Waals surface area (Å²) in [6, 6.07) is 18.3. The molecule has 0 atom stereocenters. The van der Waals surface area contributed by atoms with Crippen LogP contribution >= 0.6 is 0 Å². The van der Waals surface area contributed by atoms with Crippen molar-refractivity contribution in [1.29, 1.82) is 0 Å². The van der Waals surface area contributed by atoms with Crippen molar-refractivity contribution in [3.05, 3.63) is 65.7 Å². The highest BCUT2D eigenvalue weighted by molar-refractivity contribution is 5.72. The summed E-state index contributed by atoms with van der Waals surface area (Å²) < 4.78 is 5.75.